The molecule has 6 nitrogen and oxygen atoms in total. The molecule has 6 heteroatoms. The van der Waals surface area contributed by atoms with Crippen LogP contribution >= 0.6 is 0 Å². The minimum Gasteiger partial charge on any atom is -0.387 e. The molecular formula is C12H12N2O4. The van der Waals surface area contributed by atoms with Crippen molar-refractivity contribution < 1.29 is 20.4 Å². The number of fused-ring (bicyclic) bond motifs is 1. The van der Waals surface area contributed by atoms with Crippen LogP contribution in [-0.4, -0.2) is 37.6 Å². The van der Waals surface area contributed by atoms with Crippen LogP contribution in [0.2, 0.25) is 0 Å². The molecule has 1 aliphatic carbocycles. The van der Waals surface area contributed by atoms with E-state index in [1.54, 1.807) is 6.07 Å². The number of nitriles is 1. The second kappa shape index (κ2) is 4.84. The van der Waals surface area contributed by atoms with Crippen molar-refractivity contribution in [3.05, 3.63) is 35.2 Å². The first kappa shape index (κ1) is 12.7. The summed E-state index contributed by atoms with van der Waals surface area (Å²) in [6.45, 7) is 0. The maximum atomic E-state index is 9.80. The lowest BCUT2D eigenvalue weighted by Gasteiger charge is -2.33. The molecule has 0 aromatic carbocycles. The zero-order chi connectivity index (χ0) is 13.3. The average molecular weight is 248 g/mol. The maximum absolute atomic E-state index is 9.80. The standard InChI is InChI=1S/C12H12N2O4/c13-5-1-2-6-3-4-7-8(14-6)10(16)12(18)11(17)9(7)15/h1-4,9-12,15-18H/b2-1+. The average Bonchev–Trinajstić information content (AvgIpc) is 2.40. The van der Waals surface area contributed by atoms with Gasteiger partial charge in [0.2, 0.25) is 0 Å². The van der Waals surface area contributed by atoms with Gasteiger partial charge in [0.25, 0.3) is 0 Å². The van der Waals surface area contributed by atoms with E-state index < -0.39 is 24.4 Å². The third kappa shape index (κ3) is 2.00. The van der Waals surface area contributed by atoms with Crippen molar-refractivity contribution in [1.82, 2.24) is 4.98 Å². The van der Waals surface area contributed by atoms with E-state index in [2.05, 4.69) is 4.98 Å². The van der Waals surface area contributed by atoms with Crippen molar-refractivity contribution in [3.8, 4) is 6.07 Å². The highest BCUT2D eigenvalue weighted by Gasteiger charge is 2.40. The summed E-state index contributed by atoms with van der Waals surface area (Å²) in [4.78, 5) is 4.05. The fourth-order valence-corrected chi connectivity index (χ4v) is 1.92. The van der Waals surface area contributed by atoms with Crippen molar-refractivity contribution in [2.75, 3.05) is 0 Å². The summed E-state index contributed by atoms with van der Waals surface area (Å²) >= 11 is 0. The molecule has 4 N–H and O–H groups in total. The van der Waals surface area contributed by atoms with Gasteiger partial charge >= 0.3 is 0 Å². The van der Waals surface area contributed by atoms with Crippen LogP contribution in [0, 0.1) is 11.3 Å². The Labute approximate surface area is 103 Å². The first-order valence-electron chi connectivity index (χ1n) is 5.35. The predicted molar refractivity (Wildman–Crippen MR) is 60.8 cm³/mol. The molecule has 94 valence electrons. The normalized spacial score (nSPS) is 31.1. The minimum atomic E-state index is -1.49. The third-order valence-corrected chi connectivity index (χ3v) is 2.90. The summed E-state index contributed by atoms with van der Waals surface area (Å²) in [5, 5.41) is 47.0. The van der Waals surface area contributed by atoms with Gasteiger partial charge in [-0.05, 0) is 12.1 Å². The molecule has 18 heavy (non-hydrogen) atoms. The van der Waals surface area contributed by atoms with E-state index in [0.717, 1.165) is 0 Å². The summed E-state index contributed by atoms with van der Waals surface area (Å²) in [7, 11) is 0. The van der Waals surface area contributed by atoms with Gasteiger partial charge in [0.15, 0.2) is 0 Å². The summed E-state index contributed by atoms with van der Waals surface area (Å²) in [6.07, 6.45) is -2.93. The van der Waals surface area contributed by atoms with E-state index in [1.807, 2.05) is 6.07 Å². The molecule has 0 saturated heterocycles. The molecule has 0 aliphatic heterocycles. The van der Waals surface area contributed by atoms with Gasteiger partial charge in [0.05, 0.1) is 17.5 Å². The Bertz CT molecular complexity index is 523. The van der Waals surface area contributed by atoms with Crippen molar-refractivity contribution >= 4 is 6.08 Å². The molecule has 1 heterocycles. The maximum Gasteiger partial charge on any atom is 0.125 e. The van der Waals surface area contributed by atoms with Gasteiger partial charge in [-0.15, -0.1) is 0 Å². The smallest absolute Gasteiger partial charge is 0.125 e. The zero-order valence-electron chi connectivity index (χ0n) is 9.30. The van der Waals surface area contributed by atoms with Gasteiger partial charge in [0.1, 0.15) is 24.4 Å². The predicted octanol–water partition coefficient (Wildman–Crippen LogP) is -0.579. The van der Waals surface area contributed by atoms with E-state index in [-0.39, 0.29) is 11.3 Å². The number of nitrogens with zero attached hydrogens (tertiary/aromatic N) is 2. The largest absolute Gasteiger partial charge is 0.387 e. The van der Waals surface area contributed by atoms with Crippen LogP contribution in [0.3, 0.4) is 0 Å². The van der Waals surface area contributed by atoms with E-state index in [9.17, 15) is 20.4 Å². The van der Waals surface area contributed by atoms with Crippen LogP contribution < -0.4 is 0 Å². The Balaban J connectivity index is 2.46. The molecule has 0 bridgehead atoms. The Morgan fingerprint density at radius 1 is 1.11 bits per heavy atom. The highest BCUT2D eigenvalue weighted by Crippen LogP contribution is 2.35. The van der Waals surface area contributed by atoms with Crippen LogP contribution in [0.1, 0.15) is 29.2 Å². The third-order valence-electron chi connectivity index (χ3n) is 2.90. The number of aromatic nitrogens is 1. The van der Waals surface area contributed by atoms with Gasteiger partial charge in [-0.3, -0.25) is 4.98 Å². The topological polar surface area (TPSA) is 118 Å². The van der Waals surface area contributed by atoms with Gasteiger partial charge in [-0.1, -0.05) is 6.07 Å². The van der Waals surface area contributed by atoms with Crippen molar-refractivity contribution in [2.45, 2.75) is 24.4 Å². The SMILES string of the molecule is N#C/C=C/c1ccc2c(n1)C(O)C(O)C(O)C2O. The van der Waals surface area contributed by atoms with Gasteiger partial charge in [-0.2, -0.15) is 5.26 Å². The highest BCUT2D eigenvalue weighted by molar-refractivity contribution is 5.49. The molecule has 1 aromatic heterocycles. The van der Waals surface area contributed by atoms with E-state index in [0.29, 0.717) is 5.69 Å². The zero-order valence-corrected chi connectivity index (χ0v) is 9.30. The van der Waals surface area contributed by atoms with Crippen LogP contribution in [-0.2, 0) is 0 Å². The number of rotatable bonds is 1. The summed E-state index contributed by atoms with van der Waals surface area (Å²) in [5.74, 6) is 0. The Kier molecular flexibility index (Phi) is 3.41. The molecule has 0 amide bonds. The Morgan fingerprint density at radius 2 is 1.78 bits per heavy atom. The second-order valence-electron chi connectivity index (χ2n) is 4.04. The van der Waals surface area contributed by atoms with E-state index >= 15 is 0 Å². The Hall–Kier alpha value is -1.78. The lowest BCUT2D eigenvalue weighted by Crippen LogP contribution is -2.42. The molecular weight excluding hydrogens is 236 g/mol. The first-order valence-corrected chi connectivity index (χ1v) is 5.35. The molecule has 0 radical (unpaired) electrons. The Morgan fingerprint density at radius 3 is 2.44 bits per heavy atom. The van der Waals surface area contributed by atoms with Gasteiger partial charge in [0, 0.05) is 11.6 Å². The van der Waals surface area contributed by atoms with Gasteiger partial charge in [-0.25, -0.2) is 0 Å². The van der Waals surface area contributed by atoms with Crippen molar-refractivity contribution in [2.24, 2.45) is 0 Å². The van der Waals surface area contributed by atoms with Crippen molar-refractivity contribution in [3.63, 3.8) is 0 Å². The molecule has 0 fully saturated rings. The van der Waals surface area contributed by atoms with Gasteiger partial charge < -0.3 is 20.4 Å². The number of allylic oxidation sites excluding steroid dienone is 1. The molecule has 2 rings (SSSR count). The molecule has 4 atom stereocenters. The summed E-state index contributed by atoms with van der Waals surface area (Å²) in [6, 6.07) is 4.86. The second-order valence-corrected chi connectivity index (χ2v) is 4.04. The van der Waals surface area contributed by atoms with E-state index in [4.69, 9.17) is 5.26 Å². The molecule has 0 saturated carbocycles. The van der Waals surface area contributed by atoms with Crippen LogP contribution in [0.15, 0.2) is 18.2 Å². The van der Waals surface area contributed by atoms with Crippen LogP contribution in [0.25, 0.3) is 6.08 Å². The number of aliphatic hydroxyl groups excluding tert-OH is 4. The fourth-order valence-electron chi connectivity index (χ4n) is 1.92. The summed E-state index contributed by atoms with van der Waals surface area (Å²) in [5.41, 5.74) is 0.805. The van der Waals surface area contributed by atoms with Crippen LogP contribution in [0.5, 0.6) is 0 Å². The number of aliphatic hydroxyl groups is 4. The molecule has 0 spiro atoms. The molecule has 1 aliphatic rings. The highest BCUT2D eigenvalue weighted by atomic mass is 16.4. The number of pyridine rings is 1. The number of hydrogen-bond acceptors (Lipinski definition) is 6. The monoisotopic (exact) mass is 248 g/mol. The summed E-state index contributed by atoms with van der Waals surface area (Å²) < 4.78 is 0. The minimum absolute atomic E-state index is 0.111. The fraction of sp³-hybridized carbons (Fsp3) is 0.333. The first-order chi connectivity index (χ1) is 8.56. The molecule has 4 unspecified atom stereocenters. The van der Waals surface area contributed by atoms with Crippen LogP contribution in [0.4, 0.5) is 0 Å². The van der Waals surface area contributed by atoms with E-state index in [1.165, 1.54) is 18.2 Å². The lowest BCUT2D eigenvalue weighted by atomic mass is 9.86. The number of hydrogen-bond donors (Lipinski definition) is 4. The molecule has 1 aromatic rings. The van der Waals surface area contributed by atoms with Crippen molar-refractivity contribution in [1.29, 1.82) is 5.26 Å². The quantitative estimate of drug-likeness (QED) is 0.494. The lowest BCUT2D eigenvalue weighted by molar-refractivity contribution is -0.122.